The molecule has 2 heterocycles. The maximum atomic E-state index is 12.2. The molecule has 142 valence electrons. The Morgan fingerprint density at radius 3 is 2.77 bits per heavy atom. The van der Waals surface area contributed by atoms with Crippen LogP contribution in [-0.4, -0.2) is 40.4 Å². The molecule has 1 aliphatic heterocycles. The van der Waals surface area contributed by atoms with Crippen molar-refractivity contribution in [3.05, 3.63) is 51.8 Å². The molecule has 0 spiro atoms. The van der Waals surface area contributed by atoms with E-state index in [1.807, 2.05) is 10.9 Å². The van der Waals surface area contributed by atoms with Gasteiger partial charge in [0.15, 0.2) is 0 Å². The molecule has 0 aliphatic carbocycles. The summed E-state index contributed by atoms with van der Waals surface area (Å²) in [5.74, 6) is -0.324. The lowest BCUT2D eigenvalue weighted by Crippen LogP contribution is -2.32. The van der Waals surface area contributed by atoms with E-state index >= 15 is 0 Å². The topological polar surface area (TPSA) is 79.2 Å². The Morgan fingerprint density at radius 1 is 1.38 bits per heavy atom. The molecule has 9 heteroatoms. The summed E-state index contributed by atoms with van der Waals surface area (Å²) in [6.45, 7) is 1.93. The van der Waals surface area contributed by atoms with Crippen molar-refractivity contribution in [2.45, 2.75) is 25.0 Å². The highest BCUT2D eigenvalue weighted by atomic mass is 35.5. The number of nitrogens with zero attached hydrogens (tertiary/aromatic N) is 2. The fourth-order valence-electron chi connectivity index (χ4n) is 2.89. The summed E-state index contributed by atoms with van der Waals surface area (Å²) < 4.78 is 1.83. The minimum Gasteiger partial charge on any atom is -0.387 e. The molecule has 1 aromatic heterocycles. The van der Waals surface area contributed by atoms with Crippen molar-refractivity contribution in [2.75, 3.05) is 19.6 Å². The van der Waals surface area contributed by atoms with Crippen LogP contribution in [0.1, 0.15) is 41.0 Å². The van der Waals surface area contributed by atoms with Gasteiger partial charge < -0.3 is 15.7 Å². The Hall–Kier alpha value is -1.31. The van der Waals surface area contributed by atoms with Gasteiger partial charge in [0.2, 0.25) is 0 Å². The number of halogens is 3. The van der Waals surface area contributed by atoms with Gasteiger partial charge in [0.1, 0.15) is 5.69 Å². The third-order valence-corrected chi connectivity index (χ3v) is 4.65. The first-order valence-electron chi connectivity index (χ1n) is 8.21. The van der Waals surface area contributed by atoms with Crippen molar-refractivity contribution in [2.24, 2.45) is 0 Å². The molecule has 2 atom stereocenters. The number of carbonyl (C=O) groups is 1. The zero-order valence-electron chi connectivity index (χ0n) is 14.0. The largest absolute Gasteiger partial charge is 0.387 e. The summed E-state index contributed by atoms with van der Waals surface area (Å²) in [6, 6.07) is 6.79. The zero-order chi connectivity index (χ0) is 17.8. The first-order chi connectivity index (χ1) is 12.0. The smallest absolute Gasteiger partial charge is 0.271 e. The number of hydrogen-bond donors (Lipinski definition) is 3. The number of amides is 1. The van der Waals surface area contributed by atoms with Gasteiger partial charge in [0.25, 0.3) is 5.91 Å². The Bertz CT molecular complexity index is 727. The molecule has 1 amide bonds. The van der Waals surface area contributed by atoms with E-state index < -0.39 is 6.10 Å². The Labute approximate surface area is 168 Å². The highest BCUT2D eigenvalue weighted by Crippen LogP contribution is 2.23. The van der Waals surface area contributed by atoms with Crippen molar-refractivity contribution < 1.29 is 9.90 Å². The average Bonchev–Trinajstić information content (AvgIpc) is 3.09. The van der Waals surface area contributed by atoms with E-state index in [-0.39, 0.29) is 30.9 Å². The van der Waals surface area contributed by atoms with E-state index in [1.165, 1.54) is 0 Å². The number of rotatable bonds is 5. The molecule has 3 rings (SSSR count). The van der Waals surface area contributed by atoms with Gasteiger partial charge in [0.05, 0.1) is 12.1 Å². The fourth-order valence-corrected chi connectivity index (χ4v) is 3.43. The second kappa shape index (κ2) is 9.58. The number of aromatic nitrogens is 2. The molecule has 2 unspecified atom stereocenters. The number of hydrogen-bond acceptors (Lipinski definition) is 4. The van der Waals surface area contributed by atoms with E-state index in [4.69, 9.17) is 23.2 Å². The van der Waals surface area contributed by atoms with Crippen molar-refractivity contribution in [3.63, 3.8) is 0 Å². The highest BCUT2D eigenvalue weighted by Gasteiger charge is 2.18. The molecule has 0 saturated carbocycles. The SMILES string of the molecule is Cl.O=C(NCC(O)c1cc(Cl)cc(Cl)c1)c1ccn(C2CCCNC2)n1. The van der Waals surface area contributed by atoms with Crippen molar-refractivity contribution in [1.82, 2.24) is 20.4 Å². The predicted molar refractivity (Wildman–Crippen MR) is 104 cm³/mol. The maximum Gasteiger partial charge on any atom is 0.271 e. The number of aliphatic hydroxyl groups is 1. The van der Waals surface area contributed by atoms with Gasteiger partial charge in [-0.1, -0.05) is 23.2 Å². The Kier molecular flexibility index (Phi) is 7.73. The summed E-state index contributed by atoms with van der Waals surface area (Å²) >= 11 is 11.9. The molecule has 0 bridgehead atoms. The number of piperidine rings is 1. The molecule has 2 aromatic rings. The molecule has 0 radical (unpaired) electrons. The monoisotopic (exact) mass is 418 g/mol. The highest BCUT2D eigenvalue weighted by molar-refractivity contribution is 6.34. The third-order valence-electron chi connectivity index (χ3n) is 4.21. The quantitative estimate of drug-likeness (QED) is 0.696. The van der Waals surface area contributed by atoms with Crippen LogP contribution in [0.5, 0.6) is 0 Å². The summed E-state index contributed by atoms with van der Waals surface area (Å²) in [4.78, 5) is 12.2. The van der Waals surface area contributed by atoms with E-state index in [1.54, 1.807) is 24.3 Å². The second-order valence-corrected chi connectivity index (χ2v) is 6.98. The van der Waals surface area contributed by atoms with Gasteiger partial charge in [-0.15, -0.1) is 12.4 Å². The second-order valence-electron chi connectivity index (χ2n) is 6.11. The van der Waals surface area contributed by atoms with Crippen LogP contribution < -0.4 is 10.6 Å². The molecular formula is C17H21Cl3N4O2. The Balaban J connectivity index is 0.00000243. The number of aliphatic hydroxyl groups excluding tert-OH is 1. The van der Waals surface area contributed by atoms with Crippen LogP contribution in [0.4, 0.5) is 0 Å². The molecule has 26 heavy (non-hydrogen) atoms. The van der Waals surface area contributed by atoms with Crippen LogP contribution in [0.3, 0.4) is 0 Å². The molecule has 1 aromatic carbocycles. The van der Waals surface area contributed by atoms with Crippen LogP contribution in [0.2, 0.25) is 10.0 Å². The van der Waals surface area contributed by atoms with E-state index in [0.717, 1.165) is 25.9 Å². The Morgan fingerprint density at radius 2 is 2.12 bits per heavy atom. The number of nitrogens with one attached hydrogen (secondary N) is 2. The van der Waals surface area contributed by atoms with Crippen LogP contribution >= 0.6 is 35.6 Å². The summed E-state index contributed by atoms with van der Waals surface area (Å²) in [5.41, 5.74) is 0.888. The first kappa shape index (κ1) is 21.0. The molecule has 3 N–H and O–H groups in total. The van der Waals surface area contributed by atoms with Crippen LogP contribution in [0.15, 0.2) is 30.5 Å². The molecule has 1 aliphatic rings. The van der Waals surface area contributed by atoms with Gasteiger partial charge in [0, 0.05) is 29.3 Å². The van der Waals surface area contributed by atoms with Gasteiger partial charge in [-0.2, -0.15) is 5.10 Å². The lowest BCUT2D eigenvalue weighted by atomic mass is 10.1. The lowest BCUT2D eigenvalue weighted by molar-refractivity contribution is 0.0910. The van der Waals surface area contributed by atoms with Crippen LogP contribution in [0.25, 0.3) is 0 Å². The summed E-state index contributed by atoms with van der Waals surface area (Å²) in [6.07, 6.45) is 3.06. The van der Waals surface area contributed by atoms with Gasteiger partial charge in [-0.3, -0.25) is 9.48 Å². The van der Waals surface area contributed by atoms with E-state index in [0.29, 0.717) is 21.3 Å². The average molecular weight is 420 g/mol. The maximum absolute atomic E-state index is 12.2. The minimum absolute atomic E-state index is 0. The fraction of sp³-hybridized carbons (Fsp3) is 0.412. The van der Waals surface area contributed by atoms with E-state index in [9.17, 15) is 9.90 Å². The van der Waals surface area contributed by atoms with Crippen LogP contribution in [0, 0.1) is 0 Å². The number of benzene rings is 1. The normalized spacial score (nSPS) is 18.0. The molecule has 1 saturated heterocycles. The van der Waals surface area contributed by atoms with Crippen molar-refractivity contribution >= 4 is 41.5 Å². The summed E-state index contributed by atoms with van der Waals surface area (Å²) in [5, 5.41) is 21.4. The molecule has 1 fully saturated rings. The van der Waals surface area contributed by atoms with E-state index in [2.05, 4.69) is 15.7 Å². The van der Waals surface area contributed by atoms with Crippen LogP contribution in [-0.2, 0) is 0 Å². The van der Waals surface area contributed by atoms with Gasteiger partial charge in [-0.25, -0.2) is 0 Å². The van der Waals surface area contributed by atoms with Gasteiger partial charge >= 0.3 is 0 Å². The van der Waals surface area contributed by atoms with Gasteiger partial charge in [-0.05, 0) is 49.2 Å². The number of carbonyl (C=O) groups excluding carboxylic acids is 1. The summed E-state index contributed by atoms with van der Waals surface area (Å²) in [7, 11) is 0. The molecular weight excluding hydrogens is 399 g/mol. The van der Waals surface area contributed by atoms with Crippen molar-refractivity contribution in [1.29, 1.82) is 0 Å². The minimum atomic E-state index is -0.898. The zero-order valence-corrected chi connectivity index (χ0v) is 16.3. The lowest BCUT2D eigenvalue weighted by Gasteiger charge is -2.22. The standard InChI is InChI=1S/C17H20Cl2N4O2.ClH/c18-12-6-11(7-13(19)8-12)16(24)10-21-17(25)15-3-5-23(22-15)14-2-1-4-20-9-14;/h3,5-8,14,16,20,24H,1-2,4,9-10H2,(H,21,25);1H. The molecule has 6 nitrogen and oxygen atoms in total. The first-order valence-corrected chi connectivity index (χ1v) is 8.96. The third kappa shape index (κ3) is 5.34. The predicted octanol–water partition coefficient (Wildman–Crippen LogP) is 3.00. The van der Waals surface area contributed by atoms with Crippen molar-refractivity contribution in [3.8, 4) is 0 Å².